The van der Waals surface area contributed by atoms with Gasteiger partial charge >= 0.3 is 0 Å². The SMILES string of the molecule is CCOc1ccc(C(=O)NC(=S)NCC2CCCO2)cc1. The third-order valence-electron chi connectivity index (χ3n) is 3.17. The van der Waals surface area contributed by atoms with Gasteiger partial charge in [-0.3, -0.25) is 10.1 Å². The number of hydrogen-bond acceptors (Lipinski definition) is 4. The molecular weight excluding hydrogens is 288 g/mol. The van der Waals surface area contributed by atoms with E-state index >= 15 is 0 Å². The van der Waals surface area contributed by atoms with Gasteiger partial charge in [0, 0.05) is 18.7 Å². The van der Waals surface area contributed by atoms with Gasteiger partial charge in [0.05, 0.1) is 12.7 Å². The van der Waals surface area contributed by atoms with Crippen molar-refractivity contribution in [3.05, 3.63) is 29.8 Å². The third-order valence-corrected chi connectivity index (χ3v) is 3.42. The molecule has 5 nitrogen and oxygen atoms in total. The topological polar surface area (TPSA) is 59.6 Å². The Labute approximate surface area is 130 Å². The molecule has 1 aliphatic rings. The van der Waals surface area contributed by atoms with E-state index in [1.807, 2.05) is 6.92 Å². The van der Waals surface area contributed by atoms with Crippen molar-refractivity contribution in [2.75, 3.05) is 19.8 Å². The minimum Gasteiger partial charge on any atom is -0.494 e. The molecule has 0 aromatic heterocycles. The van der Waals surface area contributed by atoms with Crippen molar-refractivity contribution in [1.82, 2.24) is 10.6 Å². The van der Waals surface area contributed by atoms with Crippen molar-refractivity contribution in [3.63, 3.8) is 0 Å². The number of carbonyl (C=O) groups is 1. The Bertz CT molecular complexity index is 484. The Morgan fingerprint density at radius 2 is 2.19 bits per heavy atom. The molecule has 0 saturated carbocycles. The molecule has 0 spiro atoms. The molecule has 1 fully saturated rings. The molecule has 1 aliphatic heterocycles. The predicted octanol–water partition coefficient (Wildman–Crippen LogP) is 1.87. The van der Waals surface area contributed by atoms with Crippen LogP contribution >= 0.6 is 12.2 Å². The van der Waals surface area contributed by atoms with E-state index in [2.05, 4.69) is 10.6 Å². The average molecular weight is 308 g/mol. The normalized spacial score (nSPS) is 17.3. The fraction of sp³-hybridized carbons (Fsp3) is 0.467. The van der Waals surface area contributed by atoms with Crippen LogP contribution in [0.2, 0.25) is 0 Å². The first-order chi connectivity index (χ1) is 10.2. The maximum Gasteiger partial charge on any atom is 0.257 e. The molecular formula is C15H20N2O3S. The molecule has 0 radical (unpaired) electrons. The first-order valence-electron chi connectivity index (χ1n) is 7.12. The van der Waals surface area contributed by atoms with Crippen molar-refractivity contribution >= 4 is 23.2 Å². The Hall–Kier alpha value is -1.66. The van der Waals surface area contributed by atoms with Crippen LogP contribution < -0.4 is 15.4 Å². The second-order valence-electron chi connectivity index (χ2n) is 4.76. The van der Waals surface area contributed by atoms with Crippen LogP contribution in [0.4, 0.5) is 0 Å². The second-order valence-corrected chi connectivity index (χ2v) is 5.16. The number of benzene rings is 1. The van der Waals surface area contributed by atoms with E-state index in [9.17, 15) is 4.79 Å². The van der Waals surface area contributed by atoms with Gasteiger partial charge in [-0.1, -0.05) is 0 Å². The maximum atomic E-state index is 12.0. The summed E-state index contributed by atoms with van der Waals surface area (Å²) in [7, 11) is 0. The van der Waals surface area contributed by atoms with Crippen LogP contribution in [-0.4, -0.2) is 36.9 Å². The summed E-state index contributed by atoms with van der Waals surface area (Å²) in [5.74, 6) is 0.510. The highest BCUT2D eigenvalue weighted by Crippen LogP contribution is 2.12. The van der Waals surface area contributed by atoms with Gasteiger partial charge in [0.1, 0.15) is 5.75 Å². The lowest BCUT2D eigenvalue weighted by atomic mass is 10.2. The van der Waals surface area contributed by atoms with E-state index in [0.717, 1.165) is 25.2 Å². The Morgan fingerprint density at radius 1 is 1.43 bits per heavy atom. The van der Waals surface area contributed by atoms with Crippen LogP contribution in [0, 0.1) is 0 Å². The van der Waals surface area contributed by atoms with Crippen molar-refractivity contribution in [2.24, 2.45) is 0 Å². The largest absolute Gasteiger partial charge is 0.494 e. The molecule has 1 atom stereocenters. The van der Waals surface area contributed by atoms with Crippen LogP contribution in [-0.2, 0) is 4.74 Å². The zero-order valence-electron chi connectivity index (χ0n) is 12.1. The summed E-state index contributed by atoms with van der Waals surface area (Å²) >= 11 is 5.11. The lowest BCUT2D eigenvalue weighted by Crippen LogP contribution is -2.42. The summed E-state index contributed by atoms with van der Waals surface area (Å²) < 4.78 is 10.8. The molecule has 1 aromatic carbocycles. The molecule has 21 heavy (non-hydrogen) atoms. The zero-order valence-corrected chi connectivity index (χ0v) is 12.9. The number of carbonyl (C=O) groups excluding carboxylic acids is 1. The number of ether oxygens (including phenoxy) is 2. The highest BCUT2D eigenvalue weighted by molar-refractivity contribution is 7.80. The number of thiocarbonyl (C=S) groups is 1. The van der Waals surface area contributed by atoms with Crippen molar-refractivity contribution in [1.29, 1.82) is 0 Å². The highest BCUT2D eigenvalue weighted by atomic mass is 32.1. The van der Waals surface area contributed by atoms with Crippen molar-refractivity contribution < 1.29 is 14.3 Å². The molecule has 1 aromatic rings. The summed E-state index contributed by atoms with van der Waals surface area (Å²) in [5, 5.41) is 5.99. The number of rotatable bonds is 5. The monoisotopic (exact) mass is 308 g/mol. The molecule has 0 bridgehead atoms. The summed E-state index contributed by atoms with van der Waals surface area (Å²) in [4.78, 5) is 12.0. The van der Waals surface area contributed by atoms with Crippen LogP contribution in [0.5, 0.6) is 5.75 Å². The molecule has 114 valence electrons. The highest BCUT2D eigenvalue weighted by Gasteiger charge is 2.16. The van der Waals surface area contributed by atoms with E-state index in [-0.39, 0.29) is 12.0 Å². The average Bonchev–Trinajstić information content (AvgIpc) is 2.99. The summed E-state index contributed by atoms with van der Waals surface area (Å²) in [5.41, 5.74) is 0.541. The van der Waals surface area contributed by atoms with Gasteiger partial charge in [-0.05, 0) is 56.2 Å². The molecule has 1 unspecified atom stereocenters. The molecule has 1 saturated heterocycles. The number of hydrogen-bond donors (Lipinski definition) is 2. The first kappa shape index (κ1) is 15.7. The van der Waals surface area contributed by atoms with Gasteiger partial charge in [0.25, 0.3) is 5.91 Å². The smallest absolute Gasteiger partial charge is 0.257 e. The summed E-state index contributed by atoms with van der Waals surface area (Å²) in [6.07, 6.45) is 2.30. The van der Waals surface area contributed by atoms with Crippen molar-refractivity contribution in [2.45, 2.75) is 25.9 Å². The van der Waals surface area contributed by atoms with Gasteiger partial charge in [0.2, 0.25) is 0 Å². The molecule has 2 N–H and O–H groups in total. The van der Waals surface area contributed by atoms with Crippen LogP contribution in [0.1, 0.15) is 30.1 Å². The van der Waals surface area contributed by atoms with Crippen LogP contribution in [0.3, 0.4) is 0 Å². The maximum absolute atomic E-state index is 12.0. The lowest BCUT2D eigenvalue weighted by Gasteiger charge is -2.13. The molecule has 0 aliphatic carbocycles. The standard InChI is InChI=1S/C15H20N2O3S/c1-2-19-12-7-5-11(6-8-12)14(18)17-15(21)16-10-13-4-3-9-20-13/h5-8,13H,2-4,9-10H2,1H3,(H2,16,17,18,21). The molecule has 1 heterocycles. The fourth-order valence-corrected chi connectivity index (χ4v) is 2.28. The minimum atomic E-state index is -0.233. The Morgan fingerprint density at radius 3 is 2.81 bits per heavy atom. The van der Waals surface area contributed by atoms with E-state index in [4.69, 9.17) is 21.7 Å². The summed E-state index contributed by atoms with van der Waals surface area (Å²) in [6, 6.07) is 6.95. The second kappa shape index (κ2) is 7.95. The van der Waals surface area contributed by atoms with E-state index in [1.165, 1.54) is 0 Å². The third kappa shape index (κ3) is 4.99. The van der Waals surface area contributed by atoms with E-state index in [1.54, 1.807) is 24.3 Å². The number of nitrogens with one attached hydrogen (secondary N) is 2. The van der Waals surface area contributed by atoms with Gasteiger partial charge < -0.3 is 14.8 Å². The summed E-state index contributed by atoms with van der Waals surface area (Å²) in [6.45, 7) is 3.95. The molecule has 1 amide bonds. The number of amides is 1. The van der Waals surface area contributed by atoms with Crippen LogP contribution in [0.25, 0.3) is 0 Å². The molecule has 6 heteroatoms. The molecule has 2 rings (SSSR count). The lowest BCUT2D eigenvalue weighted by molar-refractivity contribution is 0.0973. The van der Waals surface area contributed by atoms with Crippen LogP contribution in [0.15, 0.2) is 24.3 Å². The quantitative estimate of drug-likeness (QED) is 0.813. The van der Waals surface area contributed by atoms with Gasteiger partial charge in [-0.2, -0.15) is 0 Å². The van der Waals surface area contributed by atoms with Gasteiger partial charge in [0.15, 0.2) is 5.11 Å². The van der Waals surface area contributed by atoms with E-state index in [0.29, 0.717) is 23.8 Å². The Balaban J connectivity index is 1.78. The minimum absolute atomic E-state index is 0.185. The fourth-order valence-electron chi connectivity index (χ4n) is 2.10. The van der Waals surface area contributed by atoms with Crippen molar-refractivity contribution in [3.8, 4) is 5.75 Å². The van der Waals surface area contributed by atoms with E-state index < -0.39 is 0 Å². The predicted molar refractivity (Wildman–Crippen MR) is 84.7 cm³/mol. The first-order valence-corrected chi connectivity index (χ1v) is 7.53. The van der Waals surface area contributed by atoms with Gasteiger partial charge in [-0.25, -0.2) is 0 Å². The zero-order chi connectivity index (χ0) is 15.1. The Kier molecular flexibility index (Phi) is 5.95. The van der Waals surface area contributed by atoms with Gasteiger partial charge in [-0.15, -0.1) is 0 Å².